The predicted octanol–water partition coefficient (Wildman–Crippen LogP) is 1.79. The van der Waals surface area contributed by atoms with E-state index >= 15 is 0 Å². The Morgan fingerprint density at radius 3 is 2.78 bits per heavy atom. The van der Waals surface area contributed by atoms with Gasteiger partial charge in [-0.15, -0.1) is 0 Å². The zero-order valence-electron chi connectivity index (χ0n) is 12.3. The Labute approximate surface area is 111 Å². The van der Waals surface area contributed by atoms with E-state index in [1.807, 2.05) is 6.92 Å². The van der Waals surface area contributed by atoms with Crippen molar-refractivity contribution in [1.29, 1.82) is 0 Å². The molecule has 18 heavy (non-hydrogen) atoms. The number of methoxy groups -OCH3 is 1. The molecule has 1 rings (SSSR count). The normalized spacial score (nSPS) is 24.6. The van der Waals surface area contributed by atoms with Gasteiger partial charge in [-0.1, -0.05) is 13.3 Å². The molecule has 0 amide bonds. The number of likely N-dealkylation sites (tertiary alicyclic amines) is 1. The van der Waals surface area contributed by atoms with Gasteiger partial charge in [0.1, 0.15) is 5.54 Å². The second-order valence-corrected chi connectivity index (χ2v) is 5.57. The molecule has 0 aromatic heterocycles. The first-order valence-electron chi connectivity index (χ1n) is 7.11. The molecular weight excluding hydrogens is 228 g/mol. The van der Waals surface area contributed by atoms with Crippen LogP contribution in [0.4, 0.5) is 0 Å². The summed E-state index contributed by atoms with van der Waals surface area (Å²) in [6, 6.07) is 0.561. The molecule has 1 saturated heterocycles. The Morgan fingerprint density at radius 2 is 2.22 bits per heavy atom. The first-order valence-corrected chi connectivity index (χ1v) is 7.11. The minimum absolute atomic E-state index is 0.159. The van der Waals surface area contributed by atoms with Crippen molar-refractivity contribution < 1.29 is 9.53 Å². The summed E-state index contributed by atoms with van der Waals surface area (Å²) in [7, 11) is 1.47. The summed E-state index contributed by atoms with van der Waals surface area (Å²) in [5.41, 5.74) is -0.587. The summed E-state index contributed by atoms with van der Waals surface area (Å²) in [5, 5.41) is 3.35. The number of piperidine rings is 1. The van der Waals surface area contributed by atoms with E-state index in [1.54, 1.807) is 0 Å². The van der Waals surface area contributed by atoms with Crippen LogP contribution in [0, 0.1) is 0 Å². The number of carbonyl (C=O) groups is 1. The van der Waals surface area contributed by atoms with Crippen molar-refractivity contribution in [3.63, 3.8) is 0 Å². The van der Waals surface area contributed by atoms with E-state index in [0.29, 0.717) is 6.04 Å². The molecule has 4 nitrogen and oxygen atoms in total. The highest BCUT2D eigenvalue weighted by Crippen LogP contribution is 2.20. The number of hydrogen-bond acceptors (Lipinski definition) is 4. The molecule has 1 fully saturated rings. The fourth-order valence-corrected chi connectivity index (χ4v) is 2.62. The number of hydrogen-bond donors (Lipinski definition) is 1. The Kier molecular flexibility index (Phi) is 6.09. The molecule has 2 atom stereocenters. The van der Waals surface area contributed by atoms with Crippen LogP contribution in [0.2, 0.25) is 0 Å². The summed E-state index contributed by atoms with van der Waals surface area (Å²) in [4.78, 5) is 14.4. The monoisotopic (exact) mass is 256 g/mol. The molecule has 0 bridgehead atoms. The average Bonchev–Trinajstić information content (AvgIpc) is 2.38. The minimum Gasteiger partial charge on any atom is -0.468 e. The van der Waals surface area contributed by atoms with Gasteiger partial charge < -0.3 is 10.1 Å². The largest absolute Gasteiger partial charge is 0.468 e. The summed E-state index contributed by atoms with van der Waals surface area (Å²) < 4.78 is 4.96. The van der Waals surface area contributed by atoms with Crippen LogP contribution in [0.25, 0.3) is 0 Å². The third-order valence-electron chi connectivity index (χ3n) is 3.86. The summed E-state index contributed by atoms with van der Waals surface area (Å²) in [5.74, 6) is -0.159. The second kappa shape index (κ2) is 7.10. The van der Waals surface area contributed by atoms with Crippen molar-refractivity contribution >= 4 is 5.97 Å². The molecule has 2 unspecified atom stereocenters. The smallest absolute Gasteiger partial charge is 0.327 e. The first kappa shape index (κ1) is 15.4. The number of rotatable bonds is 6. The van der Waals surface area contributed by atoms with Gasteiger partial charge in [-0.05, 0) is 46.2 Å². The molecule has 0 radical (unpaired) electrons. The van der Waals surface area contributed by atoms with Gasteiger partial charge in [-0.25, -0.2) is 0 Å². The first-order chi connectivity index (χ1) is 8.53. The van der Waals surface area contributed by atoms with Gasteiger partial charge in [-0.3, -0.25) is 9.69 Å². The molecule has 1 aliphatic rings. The average molecular weight is 256 g/mol. The zero-order valence-corrected chi connectivity index (χ0v) is 12.3. The third kappa shape index (κ3) is 3.95. The lowest BCUT2D eigenvalue weighted by atomic mass is 9.96. The van der Waals surface area contributed by atoms with E-state index in [9.17, 15) is 4.79 Å². The van der Waals surface area contributed by atoms with Crippen molar-refractivity contribution in [2.45, 2.75) is 58.0 Å². The van der Waals surface area contributed by atoms with E-state index in [-0.39, 0.29) is 5.97 Å². The van der Waals surface area contributed by atoms with Crippen molar-refractivity contribution in [1.82, 2.24) is 10.2 Å². The molecule has 106 valence electrons. The number of nitrogens with one attached hydrogen (secondary N) is 1. The van der Waals surface area contributed by atoms with Crippen molar-refractivity contribution in [2.24, 2.45) is 0 Å². The highest BCUT2D eigenvalue weighted by molar-refractivity contribution is 5.80. The second-order valence-electron chi connectivity index (χ2n) is 5.57. The maximum Gasteiger partial charge on any atom is 0.327 e. The lowest BCUT2D eigenvalue weighted by Crippen LogP contribution is -2.59. The molecule has 0 aromatic rings. The maximum atomic E-state index is 12.0. The quantitative estimate of drug-likeness (QED) is 0.736. The molecule has 0 spiro atoms. The van der Waals surface area contributed by atoms with Gasteiger partial charge in [0.25, 0.3) is 0 Å². The Balaban J connectivity index is 2.67. The van der Waals surface area contributed by atoms with Gasteiger partial charge in [0.2, 0.25) is 0 Å². The van der Waals surface area contributed by atoms with Crippen LogP contribution in [0.1, 0.15) is 46.5 Å². The number of ether oxygens (including phenoxy) is 1. The van der Waals surface area contributed by atoms with Crippen molar-refractivity contribution in [3.05, 3.63) is 0 Å². The molecule has 1 aliphatic heterocycles. The molecule has 0 aromatic carbocycles. The van der Waals surface area contributed by atoms with E-state index in [4.69, 9.17) is 4.74 Å². The van der Waals surface area contributed by atoms with Crippen LogP contribution >= 0.6 is 0 Å². The van der Waals surface area contributed by atoms with Crippen LogP contribution in [0.3, 0.4) is 0 Å². The SMILES string of the molecule is CCCNC(C)(CN1CCCCC1C)C(=O)OC. The fourth-order valence-electron chi connectivity index (χ4n) is 2.62. The summed E-state index contributed by atoms with van der Waals surface area (Å²) in [6.07, 6.45) is 4.78. The van der Waals surface area contributed by atoms with Crippen molar-refractivity contribution in [3.8, 4) is 0 Å². The number of carbonyl (C=O) groups excluding carboxylic acids is 1. The molecule has 0 aliphatic carbocycles. The minimum atomic E-state index is -0.587. The fraction of sp³-hybridized carbons (Fsp3) is 0.929. The van der Waals surface area contributed by atoms with Gasteiger partial charge in [0.15, 0.2) is 0 Å². The molecular formula is C14H28N2O2. The van der Waals surface area contributed by atoms with Crippen LogP contribution in [0.15, 0.2) is 0 Å². The van der Waals surface area contributed by atoms with E-state index in [0.717, 1.165) is 26.1 Å². The van der Waals surface area contributed by atoms with Gasteiger partial charge >= 0.3 is 5.97 Å². The zero-order chi connectivity index (χ0) is 13.6. The standard InChI is InChI=1S/C14H28N2O2/c1-5-9-15-14(3,13(17)18-4)11-16-10-7-6-8-12(16)2/h12,15H,5-11H2,1-4H3. The number of esters is 1. The molecule has 1 heterocycles. The molecule has 4 heteroatoms. The third-order valence-corrected chi connectivity index (χ3v) is 3.86. The molecule has 1 N–H and O–H groups in total. The maximum absolute atomic E-state index is 12.0. The summed E-state index contributed by atoms with van der Waals surface area (Å²) in [6.45, 7) is 8.97. The van der Waals surface area contributed by atoms with E-state index < -0.39 is 5.54 Å². The van der Waals surface area contributed by atoms with E-state index in [2.05, 4.69) is 24.1 Å². The van der Waals surface area contributed by atoms with Gasteiger partial charge in [0.05, 0.1) is 7.11 Å². The highest BCUT2D eigenvalue weighted by Gasteiger charge is 2.37. The Bertz CT molecular complexity index is 271. The predicted molar refractivity (Wildman–Crippen MR) is 73.6 cm³/mol. The lowest BCUT2D eigenvalue weighted by Gasteiger charge is -2.39. The van der Waals surface area contributed by atoms with E-state index in [1.165, 1.54) is 26.4 Å². The number of nitrogens with zero attached hydrogens (tertiary/aromatic N) is 1. The van der Waals surface area contributed by atoms with Crippen LogP contribution in [-0.2, 0) is 9.53 Å². The van der Waals surface area contributed by atoms with Crippen molar-refractivity contribution in [2.75, 3.05) is 26.7 Å². The lowest BCUT2D eigenvalue weighted by molar-refractivity contribution is -0.149. The molecule has 0 saturated carbocycles. The highest BCUT2D eigenvalue weighted by atomic mass is 16.5. The van der Waals surface area contributed by atoms with Crippen LogP contribution < -0.4 is 5.32 Å². The summed E-state index contributed by atoms with van der Waals surface area (Å²) >= 11 is 0. The van der Waals surface area contributed by atoms with Crippen LogP contribution in [-0.4, -0.2) is 49.2 Å². The topological polar surface area (TPSA) is 41.6 Å². The van der Waals surface area contributed by atoms with Gasteiger partial charge in [-0.2, -0.15) is 0 Å². The Hall–Kier alpha value is -0.610. The van der Waals surface area contributed by atoms with Gasteiger partial charge in [0, 0.05) is 12.6 Å². The van der Waals surface area contributed by atoms with Crippen LogP contribution in [0.5, 0.6) is 0 Å². The Morgan fingerprint density at radius 1 is 1.50 bits per heavy atom.